The van der Waals surface area contributed by atoms with E-state index in [0.29, 0.717) is 5.56 Å². The van der Waals surface area contributed by atoms with Crippen LogP contribution in [-0.2, 0) is 4.84 Å². The first-order valence-electron chi connectivity index (χ1n) is 5.31. The molecule has 0 aliphatic carbocycles. The Hall–Kier alpha value is -1.53. The average Bonchev–Trinajstić information content (AvgIpc) is 2.13. The van der Waals surface area contributed by atoms with E-state index >= 15 is 0 Å². The third kappa shape index (κ3) is 4.05. The van der Waals surface area contributed by atoms with Crippen LogP contribution in [0.2, 0.25) is 0 Å². The molecule has 0 atom stereocenters. The second kappa shape index (κ2) is 5.41. The largest absolute Gasteiger partial charge is 0.388 e. The van der Waals surface area contributed by atoms with Gasteiger partial charge in [0.1, 0.15) is 23.8 Å². The molecule has 6 heteroatoms. The molecule has 4 nitrogen and oxygen atoms in total. The number of rotatable bonds is 4. The zero-order valence-corrected chi connectivity index (χ0v) is 10.4. The van der Waals surface area contributed by atoms with Gasteiger partial charge in [-0.2, -0.15) is 0 Å². The molecule has 0 saturated carbocycles. The normalized spacial score (nSPS) is 11.4. The predicted octanol–water partition coefficient (Wildman–Crippen LogP) is 1.71. The first-order chi connectivity index (χ1) is 8.20. The Balaban J connectivity index is 2.74. The number of hydrogen-bond donors (Lipinski definition) is 2. The molecule has 0 bridgehead atoms. The fraction of sp³-hybridized carbons (Fsp3) is 0.417. The lowest BCUT2D eigenvalue weighted by Crippen LogP contribution is -2.34. The van der Waals surface area contributed by atoms with Gasteiger partial charge in [-0.1, -0.05) is 0 Å². The van der Waals surface area contributed by atoms with Crippen molar-refractivity contribution in [1.29, 1.82) is 0 Å². The van der Waals surface area contributed by atoms with E-state index in [-0.39, 0.29) is 6.61 Å². The van der Waals surface area contributed by atoms with Gasteiger partial charge in [0.05, 0.1) is 5.60 Å². The summed E-state index contributed by atoms with van der Waals surface area (Å²) in [5, 5.41) is 9.32. The fourth-order valence-electron chi connectivity index (χ4n) is 1.25. The highest BCUT2D eigenvalue weighted by atomic mass is 19.1. The van der Waals surface area contributed by atoms with Crippen molar-refractivity contribution >= 4 is 5.91 Å². The molecule has 0 heterocycles. The number of aliphatic hydroxyl groups is 1. The van der Waals surface area contributed by atoms with Crippen molar-refractivity contribution in [2.75, 3.05) is 6.61 Å². The van der Waals surface area contributed by atoms with Gasteiger partial charge in [0.15, 0.2) is 0 Å². The molecule has 0 spiro atoms. The lowest BCUT2D eigenvalue weighted by Gasteiger charge is -2.16. The minimum absolute atomic E-state index is 0.201. The number of aryl methyl sites for hydroxylation is 1. The standard InChI is InChI=1S/C12H15F2NO3/c1-7-4-8(13)10(9(14)5-7)11(16)15-18-6-12(2,3)17/h4-5,17H,6H2,1-3H3,(H,15,16). The van der Waals surface area contributed by atoms with Crippen molar-refractivity contribution in [3.8, 4) is 0 Å². The lowest BCUT2D eigenvalue weighted by atomic mass is 10.1. The lowest BCUT2D eigenvalue weighted by molar-refractivity contribution is -0.0524. The molecule has 1 aromatic rings. The first kappa shape index (κ1) is 14.5. The van der Waals surface area contributed by atoms with Gasteiger partial charge < -0.3 is 5.11 Å². The molecule has 1 aromatic carbocycles. The van der Waals surface area contributed by atoms with Gasteiger partial charge in [-0.25, -0.2) is 14.3 Å². The molecular formula is C12H15F2NO3. The van der Waals surface area contributed by atoms with Crippen LogP contribution in [0.25, 0.3) is 0 Å². The van der Waals surface area contributed by atoms with Gasteiger partial charge in [0.25, 0.3) is 5.91 Å². The summed E-state index contributed by atoms with van der Waals surface area (Å²) in [5.41, 5.74) is 0.385. The van der Waals surface area contributed by atoms with Crippen LogP contribution in [0.1, 0.15) is 29.8 Å². The molecule has 100 valence electrons. The number of hydroxylamine groups is 1. The summed E-state index contributed by atoms with van der Waals surface area (Å²) in [6.07, 6.45) is 0. The van der Waals surface area contributed by atoms with Gasteiger partial charge in [-0.3, -0.25) is 9.63 Å². The zero-order valence-electron chi connectivity index (χ0n) is 10.4. The maximum Gasteiger partial charge on any atom is 0.280 e. The molecule has 0 aromatic heterocycles. The summed E-state index contributed by atoms with van der Waals surface area (Å²) in [5.74, 6) is -2.96. The zero-order chi connectivity index (χ0) is 13.9. The van der Waals surface area contributed by atoms with Gasteiger partial charge in [-0.05, 0) is 38.5 Å². The minimum atomic E-state index is -1.16. The van der Waals surface area contributed by atoms with Crippen LogP contribution in [0.3, 0.4) is 0 Å². The predicted molar refractivity (Wildman–Crippen MR) is 60.8 cm³/mol. The topological polar surface area (TPSA) is 58.6 Å². The van der Waals surface area contributed by atoms with E-state index in [2.05, 4.69) is 4.84 Å². The molecule has 0 radical (unpaired) electrons. The van der Waals surface area contributed by atoms with Gasteiger partial charge in [0.2, 0.25) is 0 Å². The number of carbonyl (C=O) groups is 1. The Kier molecular flexibility index (Phi) is 4.37. The van der Waals surface area contributed by atoms with E-state index in [1.165, 1.54) is 20.8 Å². The summed E-state index contributed by atoms with van der Waals surface area (Å²) >= 11 is 0. The maximum atomic E-state index is 13.4. The summed E-state index contributed by atoms with van der Waals surface area (Å²) in [6.45, 7) is 4.24. The summed E-state index contributed by atoms with van der Waals surface area (Å²) in [4.78, 5) is 16.2. The minimum Gasteiger partial charge on any atom is -0.388 e. The molecule has 0 saturated heterocycles. The van der Waals surface area contributed by atoms with Crippen LogP contribution in [0.5, 0.6) is 0 Å². The molecular weight excluding hydrogens is 244 g/mol. The molecule has 1 amide bonds. The van der Waals surface area contributed by atoms with Crippen LogP contribution >= 0.6 is 0 Å². The molecule has 2 N–H and O–H groups in total. The van der Waals surface area contributed by atoms with Gasteiger partial charge in [0, 0.05) is 0 Å². The monoisotopic (exact) mass is 259 g/mol. The number of nitrogens with one attached hydrogen (secondary N) is 1. The van der Waals surface area contributed by atoms with Crippen molar-refractivity contribution in [2.45, 2.75) is 26.4 Å². The number of carbonyl (C=O) groups excluding carboxylic acids is 1. The van der Waals surface area contributed by atoms with Gasteiger partial charge in [-0.15, -0.1) is 0 Å². The summed E-state index contributed by atoms with van der Waals surface area (Å²) in [7, 11) is 0. The summed E-state index contributed by atoms with van der Waals surface area (Å²) in [6, 6.07) is 2.10. The average molecular weight is 259 g/mol. The Bertz CT molecular complexity index is 432. The Labute approximate surface area is 104 Å². The molecule has 0 unspecified atom stereocenters. The van der Waals surface area contributed by atoms with E-state index in [1.54, 1.807) is 0 Å². The molecule has 18 heavy (non-hydrogen) atoms. The van der Waals surface area contributed by atoms with Crippen molar-refractivity contribution in [3.05, 3.63) is 34.9 Å². The molecule has 0 fully saturated rings. The van der Waals surface area contributed by atoms with E-state index in [1.807, 2.05) is 5.48 Å². The van der Waals surface area contributed by atoms with Crippen LogP contribution < -0.4 is 5.48 Å². The second-order valence-corrected chi connectivity index (χ2v) is 4.64. The Morgan fingerprint density at radius 1 is 1.39 bits per heavy atom. The SMILES string of the molecule is Cc1cc(F)c(C(=O)NOCC(C)(C)O)c(F)c1. The smallest absolute Gasteiger partial charge is 0.280 e. The van der Waals surface area contributed by atoms with E-state index in [9.17, 15) is 18.7 Å². The highest BCUT2D eigenvalue weighted by Crippen LogP contribution is 2.15. The number of halogens is 2. The van der Waals surface area contributed by atoms with Crippen LogP contribution in [-0.4, -0.2) is 23.2 Å². The van der Waals surface area contributed by atoms with E-state index < -0.39 is 28.7 Å². The Morgan fingerprint density at radius 2 is 1.89 bits per heavy atom. The maximum absolute atomic E-state index is 13.4. The third-order valence-corrected chi connectivity index (χ3v) is 2.00. The van der Waals surface area contributed by atoms with Crippen molar-refractivity contribution < 1.29 is 23.5 Å². The first-order valence-corrected chi connectivity index (χ1v) is 5.31. The molecule has 0 aliphatic heterocycles. The number of benzene rings is 1. The Morgan fingerprint density at radius 3 is 2.33 bits per heavy atom. The van der Waals surface area contributed by atoms with Gasteiger partial charge >= 0.3 is 0 Å². The third-order valence-electron chi connectivity index (χ3n) is 2.00. The number of hydrogen-bond acceptors (Lipinski definition) is 3. The molecule has 1 rings (SSSR count). The highest BCUT2D eigenvalue weighted by molar-refractivity contribution is 5.94. The quantitative estimate of drug-likeness (QED) is 0.809. The van der Waals surface area contributed by atoms with Crippen molar-refractivity contribution in [1.82, 2.24) is 5.48 Å². The van der Waals surface area contributed by atoms with E-state index in [0.717, 1.165) is 12.1 Å². The van der Waals surface area contributed by atoms with E-state index in [4.69, 9.17) is 0 Å². The fourth-order valence-corrected chi connectivity index (χ4v) is 1.25. The van der Waals surface area contributed by atoms with Crippen LogP contribution in [0.4, 0.5) is 8.78 Å². The van der Waals surface area contributed by atoms with Crippen LogP contribution in [0.15, 0.2) is 12.1 Å². The summed E-state index contributed by atoms with van der Waals surface area (Å²) < 4.78 is 26.8. The van der Waals surface area contributed by atoms with Crippen LogP contribution in [0, 0.1) is 18.6 Å². The van der Waals surface area contributed by atoms with Crippen molar-refractivity contribution in [2.24, 2.45) is 0 Å². The molecule has 0 aliphatic rings. The number of amides is 1. The highest BCUT2D eigenvalue weighted by Gasteiger charge is 2.19. The van der Waals surface area contributed by atoms with Crippen molar-refractivity contribution in [3.63, 3.8) is 0 Å². The second-order valence-electron chi connectivity index (χ2n) is 4.64.